The maximum Gasteiger partial charge on any atom is 0.335 e. The summed E-state index contributed by atoms with van der Waals surface area (Å²) >= 11 is 0. The predicted octanol–water partition coefficient (Wildman–Crippen LogP) is 1.99. The van der Waals surface area contributed by atoms with Gasteiger partial charge in [0.2, 0.25) is 6.29 Å². The standard InChI is InChI=1S/C11H18O4/c1-8(2)11(12)15-9(3)14-10-6-4-5-7-13-10/h9-10H,1,4-7H2,2-3H3. The van der Waals surface area contributed by atoms with E-state index in [-0.39, 0.29) is 6.29 Å². The summed E-state index contributed by atoms with van der Waals surface area (Å²) in [7, 11) is 0. The van der Waals surface area contributed by atoms with E-state index in [2.05, 4.69) is 6.58 Å². The summed E-state index contributed by atoms with van der Waals surface area (Å²) < 4.78 is 15.7. The number of rotatable bonds is 4. The summed E-state index contributed by atoms with van der Waals surface area (Å²) in [5.74, 6) is -0.432. The normalized spacial score (nSPS) is 23.2. The van der Waals surface area contributed by atoms with E-state index in [1.54, 1.807) is 13.8 Å². The van der Waals surface area contributed by atoms with Crippen LogP contribution in [0.1, 0.15) is 33.1 Å². The van der Waals surface area contributed by atoms with Gasteiger partial charge in [-0.1, -0.05) is 6.58 Å². The number of esters is 1. The lowest BCUT2D eigenvalue weighted by Gasteiger charge is -2.25. The molecule has 0 amide bonds. The molecular formula is C11H18O4. The average molecular weight is 214 g/mol. The van der Waals surface area contributed by atoms with Gasteiger partial charge in [0.1, 0.15) is 0 Å². The fourth-order valence-corrected chi connectivity index (χ4v) is 1.31. The Bertz CT molecular complexity index is 231. The molecule has 0 saturated carbocycles. The molecule has 1 aliphatic rings. The van der Waals surface area contributed by atoms with Crippen LogP contribution >= 0.6 is 0 Å². The smallest absolute Gasteiger partial charge is 0.335 e. The van der Waals surface area contributed by atoms with Crippen LogP contribution in [-0.4, -0.2) is 25.2 Å². The molecule has 15 heavy (non-hydrogen) atoms. The number of hydrogen-bond donors (Lipinski definition) is 0. The highest BCUT2D eigenvalue weighted by molar-refractivity contribution is 5.86. The minimum Gasteiger partial charge on any atom is -0.433 e. The van der Waals surface area contributed by atoms with Gasteiger partial charge in [-0.15, -0.1) is 0 Å². The van der Waals surface area contributed by atoms with Crippen LogP contribution in [0, 0.1) is 0 Å². The van der Waals surface area contributed by atoms with Crippen LogP contribution in [0.5, 0.6) is 0 Å². The van der Waals surface area contributed by atoms with Crippen molar-refractivity contribution in [1.82, 2.24) is 0 Å². The SMILES string of the molecule is C=C(C)C(=O)OC(C)OC1CCCCO1. The first-order valence-corrected chi connectivity index (χ1v) is 5.23. The number of carbonyl (C=O) groups is 1. The lowest BCUT2D eigenvalue weighted by Crippen LogP contribution is -2.29. The summed E-state index contributed by atoms with van der Waals surface area (Å²) in [5.41, 5.74) is 0.370. The minimum absolute atomic E-state index is 0.244. The molecule has 0 aromatic carbocycles. The predicted molar refractivity (Wildman–Crippen MR) is 55.0 cm³/mol. The Morgan fingerprint density at radius 3 is 2.80 bits per heavy atom. The molecular weight excluding hydrogens is 196 g/mol. The summed E-state index contributed by atoms with van der Waals surface area (Å²) in [6.07, 6.45) is 2.18. The molecule has 0 aromatic heterocycles. The van der Waals surface area contributed by atoms with Crippen LogP contribution in [0.2, 0.25) is 0 Å². The van der Waals surface area contributed by atoms with E-state index in [4.69, 9.17) is 14.2 Å². The number of ether oxygens (including phenoxy) is 3. The van der Waals surface area contributed by atoms with Crippen LogP contribution in [0.3, 0.4) is 0 Å². The highest BCUT2D eigenvalue weighted by atomic mass is 16.8. The molecule has 2 atom stereocenters. The summed E-state index contributed by atoms with van der Waals surface area (Å²) in [6, 6.07) is 0. The second-order valence-electron chi connectivity index (χ2n) is 3.69. The fourth-order valence-electron chi connectivity index (χ4n) is 1.31. The van der Waals surface area contributed by atoms with Crippen molar-refractivity contribution in [1.29, 1.82) is 0 Å². The molecule has 0 bridgehead atoms. The molecule has 1 rings (SSSR count). The van der Waals surface area contributed by atoms with Gasteiger partial charge in [-0.2, -0.15) is 0 Å². The van der Waals surface area contributed by atoms with Crippen molar-refractivity contribution < 1.29 is 19.0 Å². The van der Waals surface area contributed by atoms with E-state index in [0.29, 0.717) is 12.2 Å². The molecule has 4 nitrogen and oxygen atoms in total. The Kier molecular flexibility index (Phi) is 4.78. The molecule has 2 unspecified atom stereocenters. The highest BCUT2D eigenvalue weighted by Crippen LogP contribution is 2.16. The Morgan fingerprint density at radius 1 is 1.53 bits per heavy atom. The molecule has 0 N–H and O–H groups in total. The third kappa shape index (κ3) is 4.44. The van der Waals surface area contributed by atoms with Gasteiger partial charge in [-0.05, 0) is 33.1 Å². The third-order valence-electron chi connectivity index (χ3n) is 2.10. The van der Waals surface area contributed by atoms with Crippen LogP contribution < -0.4 is 0 Å². The fraction of sp³-hybridized carbons (Fsp3) is 0.727. The zero-order valence-electron chi connectivity index (χ0n) is 9.32. The first-order valence-electron chi connectivity index (χ1n) is 5.23. The van der Waals surface area contributed by atoms with Crippen molar-refractivity contribution >= 4 is 5.97 Å². The summed E-state index contributed by atoms with van der Waals surface area (Å²) in [6.45, 7) is 7.49. The van der Waals surface area contributed by atoms with Crippen LogP contribution in [0.15, 0.2) is 12.2 Å². The summed E-state index contributed by atoms with van der Waals surface area (Å²) in [4.78, 5) is 11.2. The van der Waals surface area contributed by atoms with Crippen molar-refractivity contribution in [2.45, 2.75) is 45.7 Å². The first-order chi connectivity index (χ1) is 7.09. The molecule has 0 aliphatic carbocycles. The van der Waals surface area contributed by atoms with Gasteiger partial charge in [-0.25, -0.2) is 4.79 Å². The first kappa shape index (κ1) is 12.2. The summed E-state index contributed by atoms with van der Waals surface area (Å²) in [5, 5.41) is 0. The molecule has 4 heteroatoms. The highest BCUT2D eigenvalue weighted by Gasteiger charge is 2.19. The Hall–Kier alpha value is -0.870. The van der Waals surface area contributed by atoms with Gasteiger partial charge in [0.25, 0.3) is 0 Å². The van der Waals surface area contributed by atoms with E-state index in [9.17, 15) is 4.79 Å². The van der Waals surface area contributed by atoms with Crippen LogP contribution in [-0.2, 0) is 19.0 Å². The van der Waals surface area contributed by atoms with Gasteiger partial charge in [0.05, 0.1) is 0 Å². The Morgan fingerprint density at radius 2 is 2.27 bits per heavy atom. The average Bonchev–Trinajstić information content (AvgIpc) is 2.18. The lowest BCUT2D eigenvalue weighted by atomic mass is 10.2. The van der Waals surface area contributed by atoms with Gasteiger partial charge in [0.15, 0.2) is 6.29 Å². The van der Waals surface area contributed by atoms with Gasteiger partial charge < -0.3 is 14.2 Å². The van der Waals surface area contributed by atoms with E-state index in [0.717, 1.165) is 19.3 Å². The molecule has 1 heterocycles. The molecule has 1 aliphatic heterocycles. The van der Waals surface area contributed by atoms with Crippen molar-refractivity contribution in [3.8, 4) is 0 Å². The van der Waals surface area contributed by atoms with Crippen molar-refractivity contribution in [2.24, 2.45) is 0 Å². The van der Waals surface area contributed by atoms with Gasteiger partial charge >= 0.3 is 5.97 Å². The Labute approximate surface area is 90.2 Å². The largest absolute Gasteiger partial charge is 0.433 e. The van der Waals surface area contributed by atoms with E-state index in [1.807, 2.05) is 0 Å². The minimum atomic E-state index is -0.586. The maximum absolute atomic E-state index is 11.2. The molecule has 0 aromatic rings. The van der Waals surface area contributed by atoms with Crippen LogP contribution in [0.25, 0.3) is 0 Å². The topological polar surface area (TPSA) is 44.8 Å². The molecule has 1 saturated heterocycles. The number of hydrogen-bond acceptors (Lipinski definition) is 4. The third-order valence-corrected chi connectivity index (χ3v) is 2.10. The molecule has 86 valence electrons. The monoisotopic (exact) mass is 214 g/mol. The van der Waals surface area contributed by atoms with Gasteiger partial charge in [-0.3, -0.25) is 0 Å². The molecule has 0 radical (unpaired) electrons. The quantitative estimate of drug-likeness (QED) is 0.408. The molecule has 0 spiro atoms. The van der Waals surface area contributed by atoms with E-state index >= 15 is 0 Å². The van der Waals surface area contributed by atoms with Crippen molar-refractivity contribution in [2.75, 3.05) is 6.61 Å². The second-order valence-corrected chi connectivity index (χ2v) is 3.69. The maximum atomic E-state index is 11.2. The lowest BCUT2D eigenvalue weighted by molar-refractivity contribution is -0.242. The van der Waals surface area contributed by atoms with Crippen molar-refractivity contribution in [3.05, 3.63) is 12.2 Å². The van der Waals surface area contributed by atoms with Gasteiger partial charge in [0, 0.05) is 12.2 Å². The van der Waals surface area contributed by atoms with Crippen LogP contribution in [0.4, 0.5) is 0 Å². The van der Waals surface area contributed by atoms with Crippen molar-refractivity contribution in [3.63, 3.8) is 0 Å². The van der Waals surface area contributed by atoms with E-state index in [1.165, 1.54) is 0 Å². The molecule has 1 fully saturated rings. The second kappa shape index (κ2) is 5.88. The Balaban J connectivity index is 2.25. The number of carbonyl (C=O) groups excluding carboxylic acids is 1. The zero-order chi connectivity index (χ0) is 11.3. The van der Waals surface area contributed by atoms with E-state index < -0.39 is 12.3 Å². The zero-order valence-corrected chi connectivity index (χ0v) is 9.32.